The number of rotatable bonds is 3. The van der Waals surface area contributed by atoms with Gasteiger partial charge in [-0.2, -0.15) is 13.2 Å². The number of halogens is 3. The lowest BCUT2D eigenvalue weighted by atomic mass is 9.87. The summed E-state index contributed by atoms with van der Waals surface area (Å²) in [5.41, 5.74) is 1.05. The number of amides is 1. The zero-order valence-corrected chi connectivity index (χ0v) is 14.6. The molecule has 0 saturated carbocycles. The summed E-state index contributed by atoms with van der Waals surface area (Å²) in [6.45, 7) is 2.82. The fraction of sp³-hybridized carbons (Fsp3) is 0.400. The van der Waals surface area contributed by atoms with E-state index in [1.54, 1.807) is 29.3 Å². The first-order valence-corrected chi connectivity index (χ1v) is 8.80. The Labute approximate surface area is 150 Å². The molecule has 0 aliphatic carbocycles. The van der Waals surface area contributed by atoms with E-state index in [1.807, 2.05) is 6.92 Å². The van der Waals surface area contributed by atoms with Crippen LogP contribution in [0.3, 0.4) is 0 Å². The molecule has 2 aromatic rings. The molecule has 1 fully saturated rings. The van der Waals surface area contributed by atoms with E-state index in [9.17, 15) is 18.0 Å². The van der Waals surface area contributed by atoms with Crippen molar-refractivity contribution in [1.82, 2.24) is 9.88 Å². The summed E-state index contributed by atoms with van der Waals surface area (Å²) < 4.78 is 40.0. The molecule has 3 nitrogen and oxygen atoms in total. The summed E-state index contributed by atoms with van der Waals surface area (Å²) in [5, 5.41) is 0. The minimum absolute atomic E-state index is 0.142. The van der Waals surface area contributed by atoms with Gasteiger partial charge in [0.25, 0.3) is 5.91 Å². The lowest BCUT2D eigenvalue weighted by molar-refractivity contribution is -0.138. The molecule has 1 aromatic heterocycles. The van der Waals surface area contributed by atoms with Crippen LogP contribution in [0.25, 0.3) is 0 Å². The molecule has 1 amide bonds. The van der Waals surface area contributed by atoms with Gasteiger partial charge < -0.3 is 4.90 Å². The van der Waals surface area contributed by atoms with Crippen LogP contribution < -0.4 is 0 Å². The molecule has 1 atom stereocenters. The van der Waals surface area contributed by atoms with Crippen LogP contribution in [0.15, 0.2) is 42.6 Å². The standard InChI is InChI=1S/C20H21F3N2O/c1-2-16-12-14(9-10-24-16)19(26)25-11-5-6-15(13-25)17-7-3-4-8-18(17)20(21,22)23/h3-4,7-10,12,15H,2,5-6,11,13H2,1H3/t15-/m0/s1. The third-order valence-electron chi connectivity index (χ3n) is 4.84. The quantitative estimate of drug-likeness (QED) is 0.794. The lowest BCUT2D eigenvalue weighted by Gasteiger charge is -2.34. The normalized spacial score (nSPS) is 18.0. The van der Waals surface area contributed by atoms with Crippen molar-refractivity contribution in [2.45, 2.75) is 38.3 Å². The monoisotopic (exact) mass is 362 g/mol. The number of hydrogen-bond acceptors (Lipinski definition) is 2. The van der Waals surface area contributed by atoms with E-state index in [2.05, 4.69) is 4.98 Å². The minimum Gasteiger partial charge on any atom is -0.338 e. The molecule has 0 unspecified atom stereocenters. The maximum absolute atomic E-state index is 13.3. The van der Waals surface area contributed by atoms with E-state index >= 15 is 0 Å². The van der Waals surface area contributed by atoms with Crippen LogP contribution >= 0.6 is 0 Å². The Hall–Kier alpha value is -2.37. The van der Waals surface area contributed by atoms with Gasteiger partial charge in [0.05, 0.1) is 5.56 Å². The number of hydrogen-bond donors (Lipinski definition) is 0. The number of aromatic nitrogens is 1. The fourth-order valence-electron chi connectivity index (χ4n) is 3.51. The van der Waals surface area contributed by atoms with Gasteiger partial charge in [0.15, 0.2) is 0 Å². The molecular formula is C20H21F3N2O. The molecule has 26 heavy (non-hydrogen) atoms. The van der Waals surface area contributed by atoms with Crippen LogP contribution in [-0.2, 0) is 12.6 Å². The largest absolute Gasteiger partial charge is 0.416 e. The fourth-order valence-corrected chi connectivity index (χ4v) is 3.51. The first-order chi connectivity index (χ1) is 12.4. The van der Waals surface area contributed by atoms with Crippen LogP contribution in [0.2, 0.25) is 0 Å². The van der Waals surface area contributed by atoms with E-state index < -0.39 is 11.7 Å². The number of benzene rings is 1. The highest BCUT2D eigenvalue weighted by molar-refractivity contribution is 5.94. The summed E-state index contributed by atoms with van der Waals surface area (Å²) in [6.07, 6.45) is -0.721. The zero-order valence-electron chi connectivity index (χ0n) is 14.6. The Morgan fingerprint density at radius 2 is 2.04 bits per heavy atom. The zero-order chi connectivity index (χ0) is 18.7. The van der Waals surface area contributed by atoms with Crippen molar-refractivity contribution >= 4 is 5.91 Å². The number of carbonyl (C=O) groups excluding carboxylic acids is 1. The smallest absolute Gasteiger partial charge is 0.338 e. The van der Waals surface area contributed by atoms with Gasteiger partial charge in [-0.25, -0.2) is 0 Å². The van der Waals surface area contributed by atoms with Gasteiger partial charge in [-0.1, -0.05) is 25.1 Å². The summed E-state index contributed by atoms with van der Waals surface area (Å²) in [6, 6.07) is 9.10. The number of aryl methyl sites for hydroxylation is 1. The van der Waals surface area contributed by atoms with Crippen LogP contribution in [0, 0.1) is 0 Å². The number of likely N-dealkylation sites (tertiary alicyclic amines) is 1. The average Bonchev–Trinajstić information content (AvgIpc) is 2.67. The Bertz CT molecular complexity index is 789. The van der Waals surface area contributed by atoms with Crippen molar-refractivity contribution < 1.29 is 18.0 Å². The van der Waals surface area contributed by atoms with Gasteiger partial charge in [-0.15, -0.1) is 0 Å². The summed E-state index contributed by atoms with van der Waals surface area (Å²) in [7, 11) is 0. The highest BCUT2D eigenvalue weighted by Gasteiger charge is 2.36. The van der Waals surface area contributed by atoms with Crippen LogP contribution in [0.1, 0.15) is 52.9 Å². The number of pyridine rings is 1. The molecule has 0 radical (unpaired) electrons. The van der Waals surface area contributed by atoms with Crippen LogP contribution in [0.4, 0.5) is 13.2 Å². The van der Waals surface area contributed by atoms with E-state index in [0.29, 0.717) is 31.5 Å². The predicted octanol–water partition coefficient (Wildman–Crippen LogP) is 4.68. The third-order valence-corrected chi connectivity index (χ3v) is 4.84. The van der Waals surface area contributed by atoms with E-state index in [-0.39, 0.29) is 17.4 Å². The molecule has 2 heterocycles. The SMILES string of the molecule is CCc1cc(C(=O)N2CCC[C@H](c3ccccc3C(F)(F)F)C2)ccn1. The molecule has 0 spiro atoms. The number of piperidine rings is 1. The second-order valence-corrected chi connectivity index (χ2v) is 6.56. The van der Waals surface area contributed by atoms with E-state index in [1.165, 1.54) is 12.1 Å². The molecule has 138 valence electrons. The van der Waals surface area contributed by atoms with E-state index in [0.717, 1.165) is 18.2 Å². The molecule has 1 aromatic carbocycles. The van der Waals surface area contributed by atoms with Crippen molar-refractivity contribution in [3.8, 4) is 0 Å². The molecule has 1 aliphatic heterocycles. The number of carbonyl (C=O) groups is 1. The Kier molecular flexibility index (Phi) is 5.30. The molecule has 1 saturated heterocycles. The third kappa shape index (κ3) is 3.89. The van der Waals surface area contributed by atoms with Gasteiger partial charge >= 0.3 is 6.18 Å². The summed E-state index contributed by atoms with van der Waals surface area (Å²) >= 11 is 0. The van der Waals surface area contributed by atoms with Crippen molar-refractivity contribution in [2.75, 3.05) is 13.1 Å². The second-order valence-electron chi connectivity index (χ2n) is 6.56. The van der Waals surface area contributed by atoms with Crippen molar-refractivity contribution in [2.24, 2.45) is 0 Å². The molecular weight excluding hydrogens is 341 g/mol. The highest BCUT2D eigenvalue weighted by Crippen LogP contribution is 2.38. The first-order valence-electron chi connectivity index (χ1n) is 8.80. The van der Waals surface area contributed by atoms with E-state index in [4.69, 9.17) is 0 Å². The highest BCUT2D eigenvalue weighted by atomic mass is 19.4. The van der Waals surface area contributed by atoms with Crippen LogP contribution in [0.5, 0.6) is 0 Å². The Morgan fingerprint density at radius 3 is 2.77 bits per heavy atom. The van der Waals surface area contributed by atoms with Gasteiger partial charge in [-0.3, -0.25) is 9.78 Å². The second kappa shape index (κ2) is 7.48. The number of alkyl halides is 3. The Balaban J connectivity index is 1.83. The summed E-state index contributed by atoms with van der Waals surface area (Å²) in [5.74, 6) is -0.450. The maximum Gasteiger partial charge on any atom is 0.416 e. The summed E-state index contributed by atoms with van der Waals surface area (Å²) in [4.78, 5) is 18.7. The number of nitrogens with zero attached hydrogens (tertiary/aromatic N) is 2. The van der Waals surface area contributed by atoms with Gasteiger partial charge in [0.2, 0.25) is 0 Å². The van der Waals surface area contributed by atoms with Crippen molar-refractivity contribution in [3.63, 3.8) is 0 Å². The van der Waals surface area contributed by atoms with Crippen LogP contribution in [-0.4, -0.2) is 28.9 Å². The van der Waals surface area contributed by atoms with Crippen molar-refractivity contribution in [1.29, 1.82) is 0 Å². The molecule has 1 aliphatic rings. The van der Waals surface area contributed by atoms with Gasteiger partial charge in [0.1, 0.15) is 0 Å². The topological polar surface area (TPSA) is 33.2 Å². The average molecular weight is 362 g/mol. The van der Waals surface area contributed by atoms with Gasteiger partial charge in [0, 0.05) is 36.5 Å². The lowest BCUT2D eigenvalue weighted by Crippen LogP contribution is -2.39. The predicted molar refractivity (Wildman–Crippen MR) is 92.9 cm³/mol. The Morgan fingerprint density at radius 1 is 1.27 bits per heavy atom. The molecule has 6 heteroatoms. The first kappa shape index (κ1) is 18.4. The maximum atomic E-state index is 13.3. The van der Waals surface area contributed by atoms with Gasteiger partial charge in [-0.05, 0) is 43.0 Å². The molecule has 0 N–H and O–H groups in total. The van der Waals surface area contributed by atoms with Crippen molar-refractivity contribution in [3.05, 3.63) is 65.0 Å². The molecule has 3 rings (SSSR count). The minimum atomic E-state index is -4.38. The molecule has 0 bridgehead atoms.